The molecule has 0 radical (unpaired) electrons. The van der Waals surface area contributed by atoms with Crippen LogP contribution >= 0.6 is 0 Å². The van der Waals surface area contributed by atoms with Crippen molar-refractivity contribution < 1.29 is 14.7 Å². The highest BCUT2D eigenvalue weighted by Gasteiger charge is 2.18. The number of para-hydroxylation sites is 1. The summed E-state index contributed by atoms with van der Waals surface area (Å²) in [5.74, 6) is -1.49. The second-order valence-electron chi connectivity index (χ2n) is 5.21. The molecule has 1 unspecified atom stereocenters. The van der Waals surface area contributed by atoms with E-state index in [4.69, 9.17) is 5.11 Å². The zero-order valence-electron chi connectivity index (χ0n) is 13.1. The summed E-state index contributed by atoms with van der Waals surface area (Å²) in [4.78, 5) is 24.5. The van der Waals surface area contributed by atoms with Gasteiger partial charge in [-0.05, 0) is 24.0 Å². The normalized spacial score (nSPS) is 11.8. The number of carboxylic acids is 1. The van der Waals surface area contributed by atoms with Crippen molar-refractivity contribution in [3.8, 4) is 0 Å². The Bertz CT molecular complexity index is 492. The number of urea groups is 1. The van der Waals surface area contributed by atoms with Crippen molar-refractivity contribution in [2.45, 2.75) is 33.6 Å². The third-order valence-electron chi connectivity index (χ3n) is 3.55. The maximum atomic E-state index is 12.2. The molecule has 0 saturated carbocycles. The predicted octanol–water partition coefficient (Wildman–Crippen LogP) is 3.00. The van der Waals surface area contributed by atoms with Crippen LogP contribution in [0.25, 0.3) is 0 Å². The molecule has 1 atom stereocenters. The Morgan fingerprint density at radius 1 is 1.24 bits per heavy atom. The molecule has 2 amide bonds. The van der Waals surface area contributed by atoms with Gasteiger partial charge in [-0.1, -0.05) is 39.0 Å². The van der Waals surface area contributed by atoms with Crippen LogP contribution in [-0.2, 0) is 17.6 Å². The molecule has 1 aromatic rings. The van der Waals surface area contributed by atoms with Crippen LogP contribution in [0.3, 0.4) is 0 Å². The lowest BCUT2D eigenvalue weighted by atomic mass is 10.0. The quantitative estimate of drug-likeness (QED) is 0.846. The van der Waals surface area contributed by atoms with Crippen molar-refractivity contribution in [2.24, 2.45) is 5.92 Å². The van der Waals surface area contributed by atoms with Crippen LogP contribution < -0.4 is 5.32 Å². The van der Waals surface area contributed by atoms with Gasteiger partial charge in [-0.2, -0.15) is 0 Å². The largest absolute Gasteiger partial charge is 0.481 e. The zero-order chi connectivity index (χ0) is 16.0. The SMILES string of the molecule is CCc1cccc(CC)c1NC(=O)N(C)CC(C)C(=O)O. The molecule has 5 nitrogen and oxygen atoms in total. The summed E-state index contributed by atoms with van der Waals surface area (Å²) < 4.78 is 0. The molecule has 2 N–H and O–H groups in total. The summed E-state index contributed by atoms with van der Waals surface area (Å²) in [6, 6.07) is 5.70. The van der Waals surface area contributed by atoms with E-state index in [9.17, 15) is 9.59 Å². The van der Waals surface area contributed by atoms with E-state index in [1.807, 2.05) is 32.0 Å². The molecule has 1 rings (SSSR count). The summed E-state index contributed by atoms with van der Waals surface area (Å²) in [6.07, 6.45) is 1.66. The number of hydrogen-bond acceptors (Lipinski definition) is 2. The minimum Gasteiger partial charge on any atom is -0.481 e. The van der Waals surface area contributed by atoms with E-state index in [-0.39, 0.29) is 12.6 Å². The van der Waals surface area contributed by atoms with Gasteiger partial charge in [0.05, 0.1) is 5.92 Å². The number of anilines is 1. The molecule has 0 saturated heterocycles. The van der Waals surface area contributed by atoms with E-state index >= 15 is 0 Å². The highest BCUT2D eigenvalue weighted by Crippen LogP contribution is 2.23. The number of rotatable bonds is 6. The molecule has 0 heterocycles. The first-order valence-electron chi connectivity index (χ1n) is 7.26. The number of carbonyl (C=O) groups excluding carboxylic acids is 1. The van der Waals surface area contributed by atoms with Crippen molar-refractivity contribution >= 4 is 17.7 Å². The van der Waals surface area contributed by atoms with Crippen LogP contribution in [0.1, 0.15) is 31.9 Å². The van der Waals surface area contributed by atoms with Gasteiger partial charge in [-0.3, -0.25) is 4.79 Å². The molecule has 0 fully saturated rings. The number of nitrogens with one attached hydrogen (secondary N) is 1. The summed E-state index contributed by atoms with van der Waals surface area (Å²) >= 11 is 0. The zero-order valence-corrected chi connectivity index (χ0v) is 13.1. The van der Waals surface area contributed by atoms with Crippen LogP contribution in [0, 0.1) is 5.92 Å². The monoisotopic (exact) mass is 292 g/mol. The Morgan fingerprint density at radius 3 is 2.19 bits per heavy atom. The molecule has 1 aromatic carbocycles. The molecular formula is C16H24N2O3. The van der Waals surface area contributed by atoms with Crippen LogP contribution in [0.4, 0.5) is 10.5 Å². The average Bonchev–Trinajstić information content (AvgIpc) is 2.46. The number of aliphatic carboxylic acids is 1. The third-order valence-corrected chi connectivity index (χ3v) is 3.55. The Kier molecular flexibility index (Phi) is 6.21. The smallest absolute Gasteiger partial charge is 0.321 e. The lowest BCUT2D eigenvalue weighted by molar-refractivity contribution is -0.141. The number of benzene rings is 1. The predicted molar refractivity (Wildman–Crippen MR) is 83.6 cm³/mol. The molecule has 116 valence electrons. The first kappa shape index (κ1) is 17.0. The van der Waals surface area contributed by atoms with Crippen molar-refractivity contribution in [2.75, 3.05) is 18.9 Å². The molecule has 0 spiro atoms. The molecule has 5 heteroatoms. The molecule has 0 aliphatic heterocycles. The Hall–Kier alpha value is -2.04. The highest BCUT2D eigenvalue weighted by atomic mass is 16.4. The van der Waals surface area contributed by atoms with Gasteiger partial charge in [-0.15, -0.1) is 0 Å². The van der Waals surface area contributed by atoms with E-state index in [1.54, 1.807) is 14.0 Å². The minimum absolute atomic E-state index is 0.177. The van der Waals surface area contributed by atoms with Crippen molar-refractivity contribution in [3.63, 3.8) is 0 Å². The Morgan fingerprint density at radius 2 is 1.76 bits per heavy atom. The Balaban J connectivity index is 2.85. The fourth-order valence-electron chi connectivity index (χ4n) is 2.18. The van der Waals surface area contributed by atoms with Crippen LogP contribution in [0.5, 0.6) is 0 Å². The molecule has 21 heavy (non-hydrogen) atoms. The van der Waals surface area contributed by atoms with Crippen LogP contribution in [-0.4, -0.2) is 35.6 Å². The van der Waals surface area contributed by atoms with Crippen molar-refractivity contribution in [3.05, 3.63) is 29.3 Å². The van der Waals surface area contributed by atoms with Gasteiger partial charge < -0.3 is 15.3 Å². The van der Waals surface area contributed by atoms with Gasteiger partial charge in [0, 0.05) is 19.3 Å². The number of nitrogens with zero attached hydrogens (tertiary/aromatic N) is 1. The van der Waals surface area contributed by atoms with E-state index < -0.39 is 11.9 Å². The van der Waals surface area contributed by atoms with Gasteiger partial charge >= 0.3 is 12.0 Å². The molecule has 0 aromatic heterocycles. The molecular weight excluding hydrogens is 268 g/mol. The number of carboxylic acid groups (broad SMARTS) is 1. The van der Waals surface area contributed by atoms with Crippen LogP contribution in [0.2, 0.25) is 0 Å². The topological polar surface area (TPSA) is 69.6 Å². The van der Waals surface area contributed by atoms with E-state index in [0.29, 0.717) is 0 Å². The lowest BCUT2D eigenvalue weighted by Gasteiger charge is -2.22. The maximum absolute atomic E-state index is 12.2. The number of carbonyl (C=O) groups is 2. The molecule has 0 bridgehead atoms. The van der Waals surface area contributed by atoms with Gasteiger partial charge in [0.2, 0.25) is 0 Å². The number of aryl methyl sites for hydroxylation is 2. The lowest BCUT2D eigenvalue weighted by Crippen LogP contribution is -2.37. The summed E-state index contributed by atoms with van der Waals surface area (Å²) in [5.41, 5.74) is 3.02. The molecule has 0 aliphatic carbocycles. The second kappa shape index (κ2) is 7.67. The van der Waals surface area contributed by atoms with E-state index in [1.165, 1.54) is 4.90 Å². The molecule has 0 aliphatic rings. The van der Waals surface area contributed by atoms with Crippen molar-refractivity contribution in [1.82, 2.24) is 4.90 Å². The average molecular weight is 292 g/mol. The van der Waals surface area contributed by atoms with Crippen LogP contribution in [0.15, 0.2) is 18.2 Å². The second-order valence-corrected chi connectivity index (χ2v) is 5.21. The number of hydrogen-bond donors (Lipinski definition) is 2. The highest BCUT2D eigenvalue weighted by molar-refractivity contribution is 5.91. The van der Waals surface area contributed by atoms with E-state index in [0.717, 1.165) is 29.7 Å². The first-order chi connectivity index (χ1) is 9.90. The van der Waals surface area contributed by atoms with Gasteiger partial charge in [0.15, 0.2) is 0 Å². The number of amides is 2. The first-order valence-corrected chi connectivity index (χ1v) is 7.26. The fraction of sp³-hybridized carbons (Fsp3) is 0.500. The minimum atomic E-state index is -0.905. The van der Waals surface area contributed by atoms with Gasteiger partial charge in [-0.25, -0.2) is 4.79 Å². The van der Waals surface area contributed by atoms with E-state index in [2.05, 4.69) is 5.32 Å². The summed E-state index contributed by atoms with van der Waals surface area (Å²) in [5, 5.41) is 11.8. The summed E-state index contributed by atoms with van der Waals surface area (Å²) in [7, 11) is 1.61. The fourth-order valence-corrected chi connectivity index (χ4v) is 2.18. The van der Waals surface area contributed by atoms with Gasteiger partial charge in [0.1, 0.15) is 0 Å². The third kappa shape index (κ3) is 4.48. The Labute approximate surface area is 126 Å². The maximum Gasteiger partial charge on any atom is 0.321 e. The summed E-state index contributed by atoms with van der Waals surface area (Å²) in [6.45, 7) is 5.85. The standard InChI is InChI=1S/C16H24N2O3/c1-5-12-8-7-9-13(6-2)14(12)17-16(21)18(4)10-11(3)15(19)20/h7-9,11H,5-6,10H2,1-4H3,(H,17,21)(H,19,20). The van der Waals surface area contributed by atoms with Crippen molar-refractivity contribution in [1.29, 1.82) is 0 Å². The van der Waals surface area contributed by atoms with Gasteiger partial charge in [0.25, 0.3) is 0 Å².